The van der Waals surface area contributed by atoms with E-state index in [1.165, 1.54) is 0 Å². The summed E-state index contributed by atoms with van der Waals surface area (Å²) in [6.07, 6.45) is 1.82. The molecule has 0 spiro atoms. The van der Waals surface area contributed by atoms with Crippen molar-refractivity contribution in [1.29, 1.82) is 0 Å². The Kier molecular flexibility index (Phi) is 6.00. The topological polar surface area (TPSA) is 102 Å². The summed E-state index contributed by atoms with van der Waals surface area (Å²) in [7, 11) is 0. The lowest BCUT2D eigenvalue weighted by Gasteiger charge is -2.27. The average molecular weight is 462 g/mol. The number of aromatic nitrogens is 2. The molecule has 0 saturated carbocycles. The molecule has 3 heterocycles. The zero-order valence-electron chi connectivity index (χ0n) is 19.7. The van der Waals surface area contributed by atoms with Gasteiger partial charge in [-0.2, -0.15) is 5.10 Å². The van der Waals surface area contributed by atoms with Gasteiger partial charge in [-0.3, -0.25) is 14.7 Å². The predicted molar refractivity (Wildman–Crippen MR) is 130 cm³/mol. The second kappa shape index (κ2) is 9.10. The van der Waals surface area contributed by atoms with E-state index in [4.69, 9.17) is 0 Å². The molecular formula is C26H31N5O3. The number of nitrogens with one attached hydrogen (secondary N) is 2. The van der Waals surface area contributed by atoms with E-state index in [1.54, 1.807) is 17.0 Å². The first-order valence-corrected chi connectivity index (χ1v) is 12.0. The number of piperazine rings is 1. The van der Waals surface area contributed by atoms with Gasteiger partial charge in [0.25, 0.3) is 11.8 Å². The molecule has 3 N–H and O–H groups in total. The fraction of sp³-hybridized carbons (Fsp3) is 0.423. The summed E-state index contributed by atoms with van der Waals surface area (Å²) < 4.78 is 0. The van der Waals surface area contributed by atoms with Crippen LogP contribution in [0.15, 0.2) is 30.3 Å². The number of hydrogen-bond donors (Lipinski definition) is 3. The maximum absolute atomic E-state index is 13.4. The number of aromatic amines is 1. The van der Waals surface area contributed by atoms with Gasteiger partial charge in [0.15, 0.2) is 0 Å². The number of carbonyl (C=O) groups excluding carboxylic acids is 2. The van der Waals surface area contributed by atoms with Crippen molar-refractivity contribution in [3.63, 3.8) is 0 Å². The standard InChI is InChI=1S/C26H31N5O3/c1-16(2)3-6-22-20-12-21(24(32)13-23(20)29-28-22)26(34)31-14-18-5-4-17(11-19(18)15-31)25(33)30-9-7-27-8-10-30/h4-5,11-13,16,27,32H,3,6-10,14-15H2,1-2H3,(H,28,29). The molecule has 1 aromatic heterocycles. The van der Waals surface area contributed by atoms with Gasteiger partial charge in [0.1, 0.15) is 5.75 Å². The molecule has 2 aliphatic rings. The Hall–Kier alpha value is -3.39. The van der Waals surface area contributed by atoms with Gasteiger partial charge in [-0.05, 0) is 48.1 Å². The third kappa shape index (κ3) is 4.25. The van der Waals surface area contributed by atoms with Crippen molar-refractivity contribution in [1.82, 2.24) is 25.3 Å². The van der Waals surface area contributed by atoms with Crippen molar-refractivity contribution in [2.24, 2.45) is 5.92 Å². The highest BCUT2D eigenvalue weighted by Crippen LogP contribution is 2.31. The zero-order chi connectivity index (χ0) is 23.8. The molecule has 1 saturated heterocycles. The number of aromatic hydroxyl groups is 1. The molecule has 5 rings (SSSR count). The van der Waals surface area contributed by atoms with Crippen molar-refractivity contribution in [3.05, 3.63) is 58.3 Å². The first-order chi connectivity index (χ1) is 16.4. The van der Waals surface area contributed by atoms with Crippen molar-refractivity contribution in [2.75, 3.05) is 26.2 Å². The molecule has 8 heteroatoms. The number of carbonyl (C=O) groups is 2. The van der Waals surface area contributed by atoms with E-state index in [0.29, 0.717) is 37.7 Å². The Labute approximate surface area is 198 Å². The Morgan fingerprint density at radius 2 is 1.79 bits per heavy atom. The van der Waals surface area contributed by atoms with Gasteiger partial charge in [0.2, 0.25) is 0 Å². The summed E-state index contributed by atoms with van der Waals surface area (Å²) in [4.78, 5) is 29.9. The second-order valence-corrected chi connectivity index (χ2v) is 9.70. The van der Waals surface area contributed by atoms with Crippen LogP contribution in [0.25, 0.3) is 10.9 Å². The van der Waals surface area contributed by atoms with Gasteiger partial charge < -0.3 is 20.2 Å². The highest BCUT2D eigenvalue weighted by molar-refractivity contribution is 6.01. The summed E-state index contributed by atoms with van der Waals surface area (Å²) in [5, 5.41) is 22.1. The van der Waals surface area contributed by atoms with Crippen LogP contribution in [0.3, 0.4) is 0 Å². The van der Waals surface area contributed by atoms with Crippen molar-refractivity contribution in [2.45, 2.75) is 39.8 Å². The van der Waals surface area contributed by atoms with E-state index in [1.807, 2.05) is 23.1 Å². The van der Waals surface area contributed by atoms with Crippen molar-refractivity contribution < 1.29 is 14.7 Å². The van der Waals surface area contributed by atoms with Crippen LogP contribution in [0.4, 0.5) is 0 Å². The van der Waals surface area contributed by atoms with Gasteiger partial charge in [-0.1, -0.05) is 19.9 Å². The largest absolute Gasteiger partial charge is 0.507 e. The van der Waals surface area contributed by atoms with Crippen LogP contribution in [0.5, 0.6) is 5.75 Å². The van der Waals surface area contributed by atoms with E-state index in [2.05, 4.69) is 29.4 Å². The number of rotatable bonds is 5. The number of hydrogen-bond acceptors (Lipinski definition) is 5. The normalized spacial score (nSPS) is 15.9. The van der Waals surface area contributed by atoms with E-state index in [-0.39, 0.29) is 23.1 Å². The molecule has 1 fully saturated rings. The summed E-state index contributed by atoms with van der Waals surface area (Å²) in [6.45, 7) is 8.24. The molecule has 0 radical (unpaired) electrons. The van der Waals surface area contributed by atoms with E-state index >= 15 is 0 Å². The molecule has 34 heavy (non-hydrogen) atoms. The molecular weight excluding hydrogens is 430 g/mol. The monoisotopic (exact) mass is 461 g/mol. The van der Waals surface area contributed by atoms with Gasteiger partial charge in [-0.25, -0.2) is 0 Å². The molecule has 3 aromatic rings. The molecule has 2 amide bonds. The molecule has 0 aliphatic carbocycles. The number of H-pyrrole nitrogens is 1. The highest BCUT2D eigenvalue weighted by Gasteiger charge is 2.28. The minimum absolute atomic E-state index is 0.0334. The van der Waals surface area contributed by atoms with Gasteiger partial charge >= 0.3 is 0 Å². The molecule has 2 aromatic carbocycles. The summed E-state index contributed by atoms with van der Waals surface area (Å²) in [6, 6.07) is 9.06. The minimum atomic E-state index is -0.221. The number of nitrogens with zero attached hydrogens (tertiary/aromatic N) is 3. The Balaban J connectivity index is 1.35. The third-order valence-corrected chi connectivity index (χ3v) is 6.81. The first kappa shape index (κ1) is 22.4. The summed E-state index contributed by atoms with van der Waals surface area (Å²) in [5.74, 6) is 0.311. The number of fused-ring (bicyclic) bond motifs is 2. The molecule has 0 bridgehead atoms. The molecule has 0 atom stereocenters. The summed E-state index contributed by atoms with van der Waals surface area (Å²) >= 11 is 0. The molecule has 2 aliphatic heterocycles. The van der Waals surface area contributed by atoms with E-state index in [0.717, 1.165) is 53.7 Å². The van der Waals surface area contributed by atoms with Gasteiger partial charge in [0, 0.05) is 56.3 Å². The lowest BCUT2D eigenvalue weighted by atomic mass is 10.0. The van der Waals surface area contributed by atoms with Crippen LogP contribution in [-0.4, -0.2) is 63.1 Å². The van der Waals surface area contributed by atoms with E-state index in [9.17, 15) is 14.7 Å². The second-order valence-electron chi connectivity index (χ2n) is 9.70. The smallest absolute Gasteiger partial charge is 0.258 e. The Morgan fingerprint density at radius 3 is 2.56 bits per heavy atom. The third-order valence-electron chi connectivity index (χ3n) is 6.81. The molecule has 8 nitrogen and oxygen atoms in total. The van der Waals surface area contributed by atoms with Crippen LogP contribution in [-0.2, 0) is 19.5 Å². The van der Waals surface area contributed by atoms with Gasteiger partial charge in [0.05, 0.1) is 16.8 Å². The van der Waals surface area contributed by atoms with Crippen molar-refractivity contribution in [3.8, 4) is 5.75 Å². The van der Waals surface area contributed by atoms with Crippen LogP contribution < -0.4 is 5.32 Å². The predicted octanol–water partition coefficient (Wildman–Crippen LogP) is 3.06. The van der Waals surface area contributed by atoms with Crippen LogP contribution >= 0.6 is 0 Å². The van der Waals surface area contributed by atoms with Gasteiger partial charge in [-0.15, -0.1) is 0 Å². The van der Waals surface area contributed by atoms with Crippen molar-refractivity contribution >= 4 is 22.7 Å². The van der Waals surface area contributed by atoms with E-state index < -0.39 is 0 Å². The quantitative estimate of drug-likeness (QED) is 0.542. The number of aryl methyl sites for hydroxylation is 1. The zero-order valence-corrected chi connectivity index (χ0v) is 19.7. The molecule has 178 valence electrons. The number of phenolic OH excluding ortho intramolecular Hbond substituents is 1. The Morgan fingerprint density at radius 1 is 1.03 bits per heavy atom. The number of phenols is 1. The maximum Gasteiger partial charge on any atom is 0.258 e. The lowest BCUT2D eigenvalue weighted by molar-refractivity contribution is 0.0734. The number of benzene rings is 2. The number of amides is 2. The fourth-order valence-corrected chi connectivity index (χ4v) is 4.79. The van der Waals surface area contributed by atoms with Crippen LogP contribution in [0.1, 0.15) is 57.8 Å². The minimum Gasteiger partial charge on any atom is -0.507 e. The maximum atomic E-state index is 13.4. The highest BCUT2D eigenvalue weighted by atomic mass is 16.3. The van der Waals surface area contributed by atoms with Crippen LogP contribution in [0.2, 0.25) is 0 Å². The Bertz CT molecular complexity index is 1240. The summed E-state index contributed by atoms with van der Waals surface area (Å²) in [5.41, 5.74) is 4.60. The SMILES string of the molecule is CC(C)CCc1n[nH]c2cc(O)c(C(=O)N3Cc4ccc(C(=O)N5CCNCC5)cc4C3)cc12. The lowest BCUT2D eigenvalue weighted by Crippen LogP contribution is -2.46. The van der Waals surface area contributed by atoms with Crippen LogP contribution in [0, 0.1) is 5.92 Å². The fourth-order valence-electron chi connectivity index (χ4n) is 4.79. The average Bonchev–Trinajstić information content (AvgIpc) is 3.45. The molecule has 0 unspecified atom stereocenters. The first-order valence-electron chi connectivity index (χ1n) is 12.0.